The number of nitriles is 2. The minimum absolute atomic E-state index is 0.0750. The van der Waals surface area contributed by atoms with E-state index in [1.807, 2.05) is 0 Å². The van der Waals surface area contributed by atoms with Gasteiger partial charge in [0.25, 0.3) is 0 Å². The summed E-state index contributed by atoms with van der Waals surface area (Å²) in [4.78, 5) is 0. The van der Waals surface area contributed by atoms with E-state index in [0.29, 0.717) is 0 Å². The van der Waals surface area contributed by atoms with Crippen LogP contribution in [-0.2, 0) is 5.67 Å². The van der Waals surface area contributed by atoms with Gasteiger partial charge in [-0.05, 0) is 20.3 Å². The molecule has 1 rings (SSSR count). The Kier molecular flexibility index (Phi) is 4.86. The van der Waals surface area contributed by atoms with Gasteiger partial charge in [0, 0.05) is 18.4 Å². The Labute approximate surface area is 125 Å². The molecule has 0 spiro atoms. The molecule has 1 aromatic heterocycles. The van der Waals surface area contributed by atoms with Crippen molar-refractivity contribution in [1.82, 2.24) is 5.16 Å². The Hall–Kier alpha value is -2.09. The molecule has 0 radical (unpaired) electrons. The molecule has 1 atom stereocenters. The molecule has 1 unspecified atom stereocenters. The quantitative estimate of drug-likeness (QED) is 0.756. The molecule has 0 N–H and O–H groups in total. The molecule has 0 aliphatic heterocycles. The van der Waals surface area contributed by atoms with Gasteiger partial charge >= 0.3 is 6.18 Å². The van der Waals surface area contributed by atoms with Crippen LogP contribution in [0.3, 0.4) is 0 Å². The molecule has 1 heterocycles. The number of hydrogen-bond acceptors (Lipinski definition) is 4. The van der Waals surface area contributed by atoms with Gasteiger partial charge in [-0.3, -0.25) is 0 Å². The first-order valence-corrected chi connectivity index (χ1v) is 6.50. The smallest absolute Gasteiger partial charge is 0.358 e. The van der Waals surface area contributed by atoms with Crippen molar-refractivity contribution in [1.29, 1.82) is 10.5 Å². The van der Waals surface area contributed by atoms with Crippen molar-refractivity contribution in [3.8, 4) is 12.1 Å². The first-order valence-electron chi connectivity index (χ1n) is 6.50. The van der Waals surface area contributed by atoms with Crippen LogP contribution in [0, 0.1) is 28.1 Å². The van der Waals surface area contributed by atoms with Gasteiger partial charge in [-0.2, -0.15) is 23.7 Å². The monoisotopic (exact) mass is 317 g/mol. The van der Waals surface area contributed by atoms with E-state index in [9.17, 15) is 28.1 Å². The largest absolute Gasteiger partial charge is 0.389 e. The fraction of sp³-hybridized carbons (Fsp3) is 0.643. The van der Waals surface area contributed by atoms with Crippen molar-refractivity contribution < 1.29 is 22.1 Å². The van der Waals surface area contributed by atoms with Crippen LogP contribution < -0.4 is 0 Å². The average molecular weight is 317 g/mol. The normalized spacial score (nSPS) is 14.2. The van der Waals surface area contributed by atoms with Crippen molar-refractivity contribution in [2.45, 2.75) is 51.4 Å². The summed E-state index contributed by atoms with van der Waals surface area (Å²) in [5, 5.41) is 22.0. The molecule has 22 heavy (non-hydrogen) atoms. The highest BCUT2D eigenvalue weighted by molar-refractivity contribution is 5.26. The minimum Gasteiger partial charge on any atom is -0.358 e. The third kappa shape index (κ3) is 3.97. The maximum absolute atomic E-state index is 13.8. The highest BCUT2D eigenvalue weighted by Crippen LogP contribution is 2.41. The molecular weight excluding hydrogens is 302 g/mol. The predicted molar refractivity (Wildman–Crippen MR) is 68.0 cm³/mol. The summed E-state index contributed by atoms with van der Waals surface area (Å²) in [6, 6.07) is 4.52. The molecule has 0 aliphatic carbocycles. The van der Waals surface area contributed by atoms with Gasteiger partial charge < -0.3 is 4.52 Å². The molecule has 0 aromatic carbocycles. The molecular formula is C14H15F4N3O. The van der Waals surface area contributed by atoms with E-state index in [-0.39, 0.29) is 11.5 Å². The molecule has 120 valence electrons. The molecule has 0 bridgehead atoms. The average Bonchev–Trinajstić information content (AvgIpc) is 2.88. The Morgan fingerprint density at radius 1 is 1.18 bits per heavy atom. The van der Waals surface area contributed by atoms with Crippen LogP contribution in [0.2, 0.25) is 0 Å². The summed E-state index contributed by atoms with van der Waals surface area (Å²) in [5.74, 6) is -1.07. The number of hydrogen-bond donors (Lipinski definition) is 0. The standard InChI is InChI=1S/C14H15F4N3O/c1-9(10-6-11(22-21-10)12(2,3)15)13(7-19,8-20)4-5-14(16,17)18/h6,9H,4-5H2,1-3H3. The van der Waals surface area contributed by atoms with Gasteiger partial charge in [-0.15, -0.1) is 0 Å². The first-order chi connectivity index (χ1) is 9.95. The van der Waals surface area contributed by atoms with E-state index in [2.05, 4.69) is 5.16 Å². The third-order valence-electron chi connectivity index (χ3n) is 3.50. The SMILES string of the molecule is CC(c1cc(C(C)(C)F)on1)C(C#N)(C#N)CCC(F)(F)F. The number of alkyl halides is 4. The van der Waals surface area contributed by atoms with E-state index >= 15 is 0 Å². The van der Waals surface area contributed by atoms with Gasteiger partial charge in [0.1, 0.15) is 0 Å². The molecule has 0 aliphatic rings. The van der Waals surface area contributed by atoms with E-state index in [1.165, 1.54) is 26.8 Å². The summed E-state index contributed by atoms with van der Waals surface area (Å²) in [6.07, 6.45) is -6.43. The van der Waals surface area contributed by atoms with Gasteiger partial charge in [0.05, 0.1) is 17.8 Å². The maximum atomic E-state index is 13.8. The van der Waals surface area contributed by atoms with E-state index in [0.717, 1.165) is 0 Å². The van der Waals surface area contributed by atoms with E-state index in [4.69, 9.17) is 4.52 Å². The summed E-state index contributed by atoms with van der Waals surface area (Å²) in [7, 11) is 0. The van der Waals surface area contributed by atoms with Gasteiger partial charge in [-0.1, -0.05) is 12.1 Å². The molecule has 1 aromatic rings. The number of nitrogens with zero attached hydrogens (tertiary/aromatic N) is 3. The molecule has 8 heteroatoms. The minimum atomic E-state index is -4.48. The lowest BCUT2D eigenvalue weighted by atomic mass is 9.73. The lowest BCUT2D eigenvalue weighted by Gasteiger charge is -2.24. The fourth-order valence-corrected chi connectivity index (χ4v) is 1.91. The van der Waals surface area contributed by atoms with Gasteiger partial charge in [0.2, 0.25) is 0 Å². The summed E-state index contributed by atoms with van der Waals surface area (Å²) in [6.45, 7) is 3.86. The number of aromatic nitrogens is 1. The zero-order valence-corrected chi connectivity index (χ0v) is 12.3. The second-order valence-electron chi connectivity index (χ2n) is 5.62. The summed E-state index contributed by atoms with van der Waals surface area (Å²) in [5.41, 5.74) is -3.66. The fourth-order valence-electron chi connectivity index (χ4n) is 1.91. The molecule has 0 amide bonds. The molecule has 0 saturated heterocycles. The second kappa shape index (κ2) is 5.96. The van der Waals surface area contributed by atoms with E-state index in [1.54, 1.807) is 12.1 Å². The molecule has 4 nitrogen and oxygen atoms in total. The van der Waals surface area contributed by atoms with Crippen molar-refractivity contribution >= 4 is 0 Å². The van der Waals surface area contributed by atoms with E-state index < -0.39 is 36.0 Å². The Morgan fingerprint density at radius 3 is 2.09 bits per heavy atom. The number of rotatable bonds is 5. The topological polar surface area (TPSA) is 73.6 Å². The van der Waals surface area contributed by atoms with Crippen LogP contribution in [-0.4, -0.2) is 11.3 Å². The maximum Gasteiger partial charge on any atom is 0.389 e. The highest BCUT2D eigenvalue weighted by atomic mass is 19.4. The van der Waals surface area contributed by atoms with Crippen LogP contribution in [0.4, 0.5) is 17.6 Å². The molecule has 0 saturated carbocycles. The Morgan fingerprint density at radius 2 is 1.73 bits per heavy atom. The van der Waals surface area contributed by atoms with Crippen LogP contribution in [0.25, 0.3) is 0 Å². The summed E-state index contributed by atoms with van der Waals surface area (Å²) >= 11 is 0. The van der Waals surface area contributed by atoms with Crippen LogP contribution in [0.1, 0.15) is 51.0 Å². The van der Waals surface area contributed by atoms with Crippen LogP contribution >= 0.6 is 0 Å². The zero-order valence-electron chi connectivity index (χ0n) is 12.3. The second-order valence-corrected chi connectivity index (χ2v) is 5.62. The predicted octanol–water partition coefficient (Wildman–Crippen LogP) is 4.36. The lowest BCUT2D eigenvalue weighted by Crippen LogP contribution is -2.26. The Bertz CT molecular complexity index is 587. The van der Waals surface area contributed by atoms with Crippen molar-refractivity contribution in [2.24, 2.45) is 5.41 Å². The van der Waals surface area contributed by atoms with Crippen LogP contribution in [0.5, 0.6) is 0 Å². The van der Waals surface area contributed by atoms with Crippen molar-refractivity contribution in [3.05, 3.63) is 17.5 Å². The van der Waals surface area contributed by atoms with Crippen molar-refractivity contribution in [3.63, 3.8) is 0 Å². The lowest BCUT2D eigenvalue weighted by molar-refractivity contribution is -0.138. The summed E-state index contributed by atoms with van der Waals surface area (Å²) < 4.78 is 55.7. The first kappa shape index (κ1) is 18.0. The molecule has 0 fully saturated rings. The van der Waals surface area contributed by atoms with Crippen LogP contribution in [0.15, 0.2) is 10.6 Å². The van der Waals surface area contributed by atoms with Gasteiger partial charge in [-0.25, -0.2) is 4.39 Å². The third-order valence-corrected chi connectivity index (χ3v) is 3.50. The highest BCUT2D eigenvalue weighted by Gasteiger charge is 2.43. The zero-order chi connectivity index (χ0) is 17.2. The number of halogens is 4. The van der Waals surface area contributed by atoms with Gasteiger partial charge in [0.15, 0.2) is 16.8 Å². The van der Waals surface area contributed by atoms with Crippen molar-refractivity contribution in [2.75, 3.05) is 0 Å². The Balaban J connectivity index is 3.09.